The predicted molar refractivity (Wildman–Crippen MR) is 89.4 cm³/mol. The van der Waals surface area contributed by atoms with Gasteiger partial charge in [-0.2, -0.15) is 0 Å². The molecule has 3 aromatic rings. The van der Waals surface area contributed by atoms with Crippen molar-refractivity contribution in [3.8, 4) is 16.9 Å². The molecule has 3 aromatic carbocycles. The zero-order valence-electron chi connectivity index (χ0n) is 12.3. The fourth-order valence-corrected chi connectivity index (χ4v) is 2.54. The molecule has 0 saturated heterocycles. The highest BCUT2D eigenvalue weighted by molar-refractivity contribution is 5.72. The molecule has 0 unspecified atom stereocenters. The molecule has 0 amide bonds. The van der Waals surface area contributed by atoms with Gasteiger partial charge in [-0.3, -0.25) is 10.1 Å². The fraction of sp³-hybridized carbons (Fsp3) is 0.0526. The van der Waals surface area contributed by atoms with Gasteiger partial charge < -0.3 is 5.11 Å². The van der Waals surface area contributed by atoms with Crippen LogP contribution in [-0.2, 0) is 6.42 Å². The molecule has 0 aromatic heterocycles. The van der Waals surface area contributed by atoms with Gasteiger partial charge in [-0.15, -0.1) is 0 Å². The summed E-state index contributed by atoms with van der Waals surface area (Å²) in [6.07, 6.45) is 0.739. The van der Waals surface area contributed by atoms with Gasteiger partial charge in [-0.25, -0.2) is 0 Å². The molecule has 0 aliphatic rings. The second-order valence-electron chi connectivity index (χ2n) is 5.32. The summed E-state index contributed by atoms with van der Waals surface area (Å²) < 4.78 is 0. The monoisotopic (exact) mass is 305 g/mol. The maximum Gasteiger partial charge on any atom is 0.270 e. The van der Waals surface area contributed by atoms with E-state index in [2.05, 4.69) is 0 Å². The summed E-state index contributed by atoms with van der Waals surface area (Å²) in [6, 6.07) is 21.7. The number of non-ortho nitro benzene ring substituents is 1. The third kappa shape index (κ3) is 3.37. The lowest BCUT2D eigenvalue weighted by molar-refractivity contribution is -0.384. The van der Waals surface area contributed by atoms with Crippen molar-refractivity contribution in [2.45, 2.75) is 6.42 Å². The summed E-state index contributed by atoms with van der Waals surface area (Å²) in [7, 11) is 0. The summed E-state index contributed by atoms with van der Waals surface area (Å²) in [4.78, 5) is 10.5. The Morgan fingerprint density at radius 1 is 0.870 bits per heavy atom. The molecular formula is C19H15NO3. The number of rotatable bonds is 4. The third-order valence-corrected chi connectivity index (χ3v) is 3.68. The number of nitro groups is 1. The van der Waals surface area contributed by atoms with E-state index in [9.17, 15) is 15.2 Å². The minimum atomic E-state index is -0.436. The fourth-order valence-electron chi connectivity index (χ4n) is 2.54. The van der Waals surface area contributed by atoms with Crippen LogP contribution in [0.1, 0.15) is 11.1 Å². The van der Waals surface area contributed by atoms with Crippen molar-refractivity contribution in [2.75, 3.05) is 0 Å². The van der Waals surface area contributed by atoms with Crippen LogP contribution in [0.4, 0.5) is 5.69 Å². The Labute approximate surface area is 133 Å². The Bertz CT molecular complexity index is 844. The first-order valence-corrected chi connectivity index (χ1v) is 7.24. The molecule has 0 aliphatic heterocycles. The molecular weight excluding hydrogens is 290 g/mol. The van der Waals surface area contributed by atoms with E-state index in [1.54, 1.807) is 18.2 Å². The van der Waals surface area contributed by atoms with Gasteiger partial charge in [-0.05, 0) is 35.2 Å². The van der Waals surface area contributed by atoms with E-state index in [4.69, 9.17) is 0 Å². The van der Waals surface area contributed by atoms with Crippen LogP contribution in [0.5, 0.6) is 5.75 Å². The average molecular weight is 305 g/mol. The highest BCUT2D eigenvalue weighted by atomic mass is 16.6. The zero-order valence-corrected chi connectivity index (χ0v) is 12.3. The molecule has 23 heavy (non-hydrogen) atoms. The summed E-state index contributed by atoms with van der Waals surface area (Å²) in [5, 5.41) is 21.0. The Kier molecular flexibility index (Phi) is 4.06. The molecule has 0 saturated carbocycles. The van der Waals surface area contributed by atoms with E-state index < -0.39 is 4.92 Å². The largest absolute Gasteiger partial charge is 0.507 e. The number of phenols is 1. The van der Waals surface area contributed by atoms with Gasteiger partial charge in [0.15, 0.2) is 0 Å². The molecule has 0 fully saturated rings. The standard InChI is InChI=1S/C19H15NO3/c21-19-10-9-15(11-14-5-2-1-3-6-14)12-18(19)16-7-4-8-17(13-16)20(22)23/h1-10,12-13,21H,11H2. The molecule has 3 rings (SSSR count). The Hall–Kier alpha value is -3.14. The van der Waals surface area contributed by atoms with Crippen LogP contribution in [0.25, 0.3) is 11.1 Å². The summed E-state index contributed by atoms with van der Waals surface area (Å²) >= 11 is 0. The Balaban J connectivity index is 1.98. The van der Waals surface area contributed by atoms with Crippen molar-refractivity contribution < 1.29 is 10.0 Å². The second kappa shape index (κ2) is 6.32. The van der Waals surface area contributed by atoms with E-state index in [1.165, 1.54) is 17.7 Å². The lowest BCUT2D eigenvalue weighted by Gasteiger charge is -2.08. The van der Waals surface area contributed by atoms with Crippen LogP contribution in [-0.4, -0.2) is 10.0 Å². The van der Waals surface area contributed by atoms with Gasteiger partial charge in [-0.1, -0.05) is 48.5 Å². The van der Waals surface area contributed by atoms with Gasteiger partial charge in [0.2, 0.25) is 0 Å². The molecule has 0 radical (unpaired) electrons. The summed E-state index contributed by atoms with van der Waals surface area (Å²) in [5.74, 6) is 0.113. The third-order valence-electron chi connectivity index (χ3n) is 3.68. The van der Waals surface area contributed by atoms with Crippen molar-refractivity contribution in [2.24, 2.45) is 0 Å². The number of phenolic OH excluding ortho intramolecular Hbond substituents is 1. The van der Waals surface area contributed by atoms with Crippen molar-refractivity contribution in [1.82, 2.24) is 0 Å². The van der Waals surface area contributed by atoms with Crippen LogP contribution in [0, 0.1) is 10.1 Å². The van der Waals surface area contributed by atoms with E-state index >= 15 is 0 Å². The van der Waals surface area contributed by atoms with Crippen LogP contribution in [0.3, 0.4) is 0 Å². The van der Waals surface area contributed by atoms with Crippen LogP contribution in [0.2, 0.25) is 0 Å². The maximum absolute atomic E-state index is 10.9. The van der Waals surface area contributed by atoms with Crippen LogP contribution >= 0.6 is 0 Å². The molecule has 4 nitrogen and oxygen atoms in total. The number of nitro benzene ring substituents is 1. The summed E-state index contributed by atoms with van der Waals surface area (Å²) in [6.45, 7) is 0. The minimum absolute atomic E-state index is 0.00959. The number of hydrogen-bond acceptors (Lipinski definition) is 3. The number of benzene rings is 3. The normalized spacial score (nSPS) is 10.4. The van der Waals surface area contributed by atoms with E-state index in [0.29, 0.717) is 11.1 Å². The van der Waals surface area contributed by atoms with E-state index in [1.807, 2.05) is 42.5 Å². The van der Waals surface area contributed by atoms with E-state index in [0.717, 1.165) is 12.0 Å². The first kappa shape index (κ1) is 14.8. The van der Waals surface area contributed by atoms with Crippen molar-refractivity contribution in [3.63, 3.8) is 0 Å². The predicted octanol–water partition coefficient (Wildman–Crippen LogP) is 4.56. The van der Waals surface area contributed by atoms with Crippen molar-refractivity contribution >= 4 is 5.69 Å². The Morgan fingerprint density at radius 2 is 1.65 bits per heavy atom. The van der Waals surface area contributed by atoms with Gasteiger partial charge >= 0.3 is 0 Å². The van der Waals surface area contributed by atoms with Gasteiger partial charge in [0, 0.05) is 17.7 Å². The number of hydrogen-bond donors (Lipinski definition) is 1. The topological polar surface area (TPSA) is 63.4 Å². The van der Waals surface area contributed by atoms with E-state index in [-0.39, 0.29) is 11.4 Å². The summed E-state index contributed by atoms with van der Waals surface area (Å²) in [5.41, 5.74) is 3.45. The average Bonchev–Trinajstić information content (AvgIpc) is 2.57. The van der Waals surface area contributed by atoms with Gasteiger partial charge in [0.1, 0.15) is 5.75 Å². The molecule has 4 heteroatoms. The van der Waals surface area contributed by atoms with Crippen molar-refractivity contribution in [3.05, 3.63) is 94.0 Å². The highest BCUT2D eigenvalue weighted by Gasteiger charge is 2.11. The van der Waals surface area contributed by atoms with Gasteiger partial charge in [0.05, 0.1) is 4.92 Å². The first-order valence-electron chi connectivity index (χ1n) is 7.24. The first-order chi connectivity index (χ1) is 11.1. The maximum atomic E-state index is 10.9. The molecule has 0 atom stereocenters. The minimum Gasteiger partial charge on any atom is -0.507 e. The highest BCUT2D eigenvalue weighted by Crippen LogP contribution is 2.32. The zero-order chi connectivity index (χ0) is 16.2. The lowest BCUT2D eigenvalue weighted by Crippen LogP contribution is -1.91. The van der Waals surface area contributed by atoms with Gasteiger partial charge in [0.25, 0.3) is 5.69 Å². The number of nitrogens with zero attached hydrogens (tertiary/aromatic N) is 1. The SMILES string of the molecule is O=[N+]([O-])c1cccc(-c2cc(Cc3ccccc3)ccc2O)c1. The molecule has 0 heterocycles. The quantitative estimate of drug-likeness (QED) is 0.567. The smallest absolute Gasteiger partial charge is 0.270 e. The van der Waals surface area contributed by atoms with Crippen LogP contribution in [0.15, 0.2) is 72.8 Å². The Morgan fingerprint density at radius 3 is 2.39 bits per heavy atom. The molecule has 1 N–H and O–H groups in total. The molecule has 0 aliphatic carbocycles. The molecule has 0 bridgehead atoms. The number of aromatic hydroxyl groups is 1. The molecule has 0 spiro atoms. The molecule has 114 valence electrons. The lowest BCUT2D eigenvalue weighted by atomic mass is 9.98. The van der Waals surface area contributed by atoms with Crippen molar-refractivity contribution in [1.29, 1.82) is 0 Å². The second-order valence-corrected chi connectivity index (χ2v) is 5.32. The van der Waals surface area contributed by atoms with Crippen LogP contribution < -0.4 is 0 Å².